The highest BCUT2D eigenvalue weighted by molar-refractivity contribution is 7.85. The van der Waals surface area contributed by atoms with Crippen LogP contribution in [0.3, 0.4) is 0 Å². The molecule has 30 heavy (non-hydrogen) atoms. The Balaban J connectivity index is 2.08. The lowest BCUT2D eigenvalue weighted by Crippen LogP contribution is -2.32. The van der Waals surface area contributed by atoms with Crippen molar-refractivity contribution < 1.29 is 27.0 Å². The van der Waals surface area contributed by atoms with Crippen LogP contribution >= 0.6 is 11.3 Å². The fourth-order valence-electron chi connectivity index (χ4n) is 2.78. The molecule has 0 aliphatic carbocycles. The molecule has 0 aliphatic rings. The Morgan fingerprint density at radius 2 is 1.87 bits per heavy atom. The molecule has 0 atom stereocenters. The van der Waals surface area contributed by atoms with Gasteiger partial charge in [-0.15, -0.1) is 0 Å². The highest BCUT2D eigenvalue weighted by Crippen LogP contribution is 2.27. The fraction of sp³-hybridized carbons (Fsp3) is 0.526. The van der Waals surface area contributed by atoms with Crippen molar-refractivity contribution in [1.29, 1.82) is 0 Å². The standard InChI is InChI=1S/C19H28N4O5S2/c1-16-15-17(22(8-11-27-2)9-12-28-3)5-6-18(16)20-21-19-23(10-13-29-19)7-4-14-30(24,25)26/h5-6,10,13,15H,4,7-9,11-12,14H2,1-3H3/p+1. The molecule has 1 heterocycles. The monoisotopic (exact) mass is 457 g/mol. The molecule has 2 aromatic rings. The quantitative estimate of drug-likeness (QED) is 0.281. The van der Waals surface area contributed by atoms with Crippen LogP contribution in [0.2, 0.25) is 0 Å². The fourth-order valence-corrected chi connectivity index (χ4v) is 3.98. The number of hydrogen-bond acceptors (Lipinski definition) is 8. The number of aryl methyl sites for hydroxylation is 2. The van der Waals surface area contributed by atoms with Gasteiger partial charge in [0.1, 0.15) is 11.9 Å². The summed E-state index contributed by atoms with van der Waals surface area (Å²) in [7, 11) is -0.591. The molecule has 0 unspecified atom stereocenters. The molecule has 166 valence electrons. The Bertz CT molecular complexity index is 923. The molecule has 2 rings (SSSR count). The maximum Gasteiger partial charge on any atom is 0.408 e. The van der Waals surface area contributed by atoms with Crippen LogP contribution in [0.1, 0.15) is 12.0 Å². The van der Waals surface area contributed by atoms with E-state index in [4.69, 9.17) is 14.0 Å². The number of rotatable bonds is 13. The van der Waals surface area contributed by atoms with Gasteiger partial charge in [-0.1, -0.05) is 0 Å². The van der Waals surface area contributed by atoms with E-state index in [-0.39, 0.29) is 5.75 Å². The van der Waals surface area contributed by atoms with Gasteiger partial charge in [-0.3, -0.25) is 4.55 Å². The maximum absolute atomic E-state index is 10.9. The van der Waals surface area contributed by atoms with Crippen LogP contribution in [0.25, 0.3) is 0 Å². The molecule has 0 saturated heterocycles. The largest absolute Gasteiger partial charge is 0.408 e. The van der Waals surface area contributed by atoms with Gasteiger partial charge in [0, 0.05) is 44.8 Å². The van der Waals surface area contributed by atoms with Crippen LogP contribution in [-0.2, 0) is 26.1 Å². The van der Waals surface area contributed by atoms with E-state index in [0.29, 0.717) is 31.3 Å². The Morgan fingerprint density at radius 3 is 2.47 bits per heavy atom. The smallest absolute Gasteiger partial charge is 0.383 e. The highest BCUT2D eigenvalue weighted by atomic mass is 32.2. The minimum absolute atomic E-state index is 0.282. The Labute approximate surface area is 181 Å². The molecule has 1 aromatic carbocycles. The van der Waals surface area contributed by atoms with E-state index in [1.165, 1.54) is 11.3 Å². The van der Waals surface area contributed by atoms with E-state index in [9.17, 15) is 8.42 Å². The number of azo groups is 1. The molecule has 11 heteroatoms. The highest BCUT2D eigenvalue weighted by Gasteiger charge is 2.14. The summed E-state index contributed by atoms with van der Waals surface area (Å²) < 4.78 is 42.8. The first-order valence-electron chi connectivity index (χ1n) is 9.51. The van der Waals surface area contributed by atoms with Gasteiger partial charge in [-0.25, -0.2) is 4.57 Å². The minimum atomic E-state index is -3.96. The normalized spacial score (nSPS) is 12.0. The molecule has 0 aliphatic heterocycles. The lowest BCUT2D eigenvalue weighted by Gasteiger charge is -2.24. The predicted molar refractivity (Wildman–Crippen MR) is 117 cm³/mol. The molecule has 1 aromatic heterocycles. The van der Waals surface area contributed by atoms with E-state index in [2.05, 4.69) is 21.2 Å². The van der Waals surface area contributed by atoms with Crippen molar-refractivity contribution in [3.05, 3.63) is 35.3 Å². The van der Waals surface area contributed by atoms with Gasteiger partial charge in [0.15, 0.2) is 0 Å². The number of hydrogen-bond donors (Lipinski definition) is 1. The van der Waals surface area contributed by atoms with Crippen LogP contribution in [0, 0.1) is 6.92 Å². The zero-order valence-electron chi connectivity index (χ0n) is 17.5. The molecule has 0 radical (unpaired) electrons. The summed E-state index contributed by atoms with van der Waals surface area (Å²) in [5.74, 6) is -0.282. The van der Waals surface area contributed by atoms with Crippen molar-refractivity contribution in [2.45, 2.75) is 19.9 Å². The molecule has 0 fully saturated rings. The van der Waals surface area contributed by atoms with Crippen molar-refractivity contribution >= 4 is 38.0 Å². The van der Waals surface area contributed by atoms with Crippen LogP contribution in [0.5, 0.6) is 0 Å². The molecule has 0 saturated carbocycles. The van der Waals surface area contributed by atoms with Crippen molar-refractivity contribution in [2.75, 3.05) is 51.2 Å². The van der Waals surface area contributed by atoms with Crippen molar-refractivity contribution in [1.82, 2.24) is 0 Å². The van der Waals surface area contributed by atoms with Crippen LogP contribution < -0.4 is 9.47 Å². The summed E-state index contributed by atoms with van der Waals surface area (Å²) in [6.45, 7) is 5.19. The third kappa shape index (κ3) is 8.07. The molecule has 9 nitrogen and oxygen atoms in total. The predicted octanol–water partition coefficient (Wildman–Crippen LogP) is 3.14. The summed E-state index contributed by atoms with van der Waals surface area (Å²) in [5.41, 5.74) is 2.82. The number of ether oxygens (including phenoxy) is 2. The Hall–Kier alpha value is -1.92. The number of benzene rings is 1. The number of methoxy groups -OCH3 is 2. The van der Waals surface area contributed by atoms with E-state index in [1.807, 2.05) is 35.2 Å². The lowest BCUT2D eigenvalue weighted by molar-refractivity contribution is -0.680. The molecule has 0 spiro atoms. The van der Waals surface area contributed by atoms with Crippen molar-refractivity contribution in [2.24, 2.45) is 10.2 Å². The zero-order chi connectivity index (χ0) is 22.0. The third-order valence-electron chi connectivity index (χ3n) is 4.38. The SMILES string of the molecule is COCCN(CCOC)c1ccc(/N=N/c2scc[n+]2CCCS(=O)(=O)O)c(C)c1. The van der Waals surface area contributed by atoms with Gasteiger partial charge in [0.25, 0.3) is 10.1 Å². The first-order chi connectivity index (χ1) is 14.3. The second kappa shape index (κ2) is 12.1. The summed E-state index contributed by atoms with van der Waals surface area (Å²) in [4.78, 5) is 2.20. The third-order valence-corrected chi connectivity index (χ3v) is 5.97. The van der Waals surface area contributed by atoms with E-state index in [0.717, 1.165) is 30.0 Å². The van der Waals surface area contributed by atoms with Crippen LogP contribution in [0.15, 0.2) is 40.0 Å². The zero-order valence-corrected chi connectivity index (χ0v) is 19.2. The van der Waals surface area contributed by atoms with E-state index < -0.39 is 10.1 Å². The molecular weight excluding hydrogens is 428 g/mol. The number of aromatic nitrogens is 1. The van der Waals surface area contributed by atoms with Gasteiger partial charge >= 0.3 is 5.13 Å². The molecular formula is C19H29N4O5S2+. The van der Waals surface area contributed by atoms with Crippen molar-refractivity contribution in [3.8, 4) is 0 Å². The maximum atomic E-state index is 10.9. The average molecular weight is 458 g/mol. The second-order valence-electron chi connectivity index (χ2n) is 6.66. The van der Waals surface area contributed by atoms with E-state index >= 15 is 0 Å². The first-order valence-corrected chi connectivity index (χ1v) is 12.0. The van der Waals surface area contributed by atoms with Gasteiger partial charge in [0.05, 0.1) is 30.6 Å². The number of anilines is 1. The van der Waals surface area contributed by atoms with Crippen molar-refractivity contribution in [3.63, 3.8) is 0 Å². The summed E-state index contributed by atoms with van der Waals surface area (Å²) in [6, 6.07) is 5.99. The summed E-state index contributed by atoms with van der Waals surface area (Å²) >= 11 is 1.41. The number of thiazole rings is 1. The molecule has 1 N–H and O–H groups in total. The minimum Gasteiger partial charge on any atom is -0.383 e. The van der Waals surface area contributed by atoms with Gasteiger partial charge in [-0.2, -0.15) is 8.42 Å². The lowest BCUT2D eigenvalue weighted by atomic mass is 10.1. The topological polar surface area (TPSA) is 105 Å². The van der Waals surface area contributed by atoms with Gasteiger partial charge in [-0.05, 0) is 47.1 Å². The van der Waals surface area contributed by atoms with Crippen LogP contribution in [-0.4, -0.2) is 59.2 Å². The average Bonchev–Trinajstić information content (AvgIpc) is 3.13. The molecule has 0 bridgehead atoms. The number of nitrogens with zero attached hydrogens (tertiary/aromatic N) is 4. The van der Waals surface area contributed by atoms with E-state index in [1.54, 1.807) is 14.2 Å². The summed E-state index contributed by atoms with van der Waals surface area (Å²) in [5, 5.41) is 11.2. The summed E-state index contributed by atoms with van der Waals surface area (Å²) in [6.07, 6.45) is 2.12. The Morgan fingerprint density at radius 1 is 1.17 bits per heavy atom. The van der Waals surface area contributed by atoms with Gasteiger partial charge in [0.2, 0.25) is 0 Å². The van der Waals surface area contributed by atoms with Crippen LogP contribution in [0.4, 0.5) is 16.5 Å². The first kappa shape index (κ1) is 24.4. The second-order valence-corrected chi connectivity index (χ2v) is 9.11. The van der Waals surface area contributed by atoms with Gasteiger partial charge < -0.3 is 14.4 Å². The molecule has 0 amide bonds. The Kier molecular flexibility index (Phi) is 9.79.